The predicted molar refractivity (Wildman–Crippen MR) is 49.8 cm³/mol. The number of nitrogens with zero attached hydrogens (tertiary/aromatic N) is 4. The van der Waals surface area contributed by atoms with Crippen molar-refractivity contribution in [2.24, 2.45) is 14.1 Å². The minimum Gasteiger partial charge on any atom is -0.340 e. The van der Waals surface area contributed by atoms with Crippen LogP contribution in [0.1, 0.15) is 16.3 Å². The zero-order valence-corrected chi connectivity index (χ0v) is 8.01. The molecule has 0 N–H and O–H groups in total. The first-order valence-corrected chi connectivity index (χ1v) is 4.18. The maximum absolute atomic E-state index is 11.8. The van der Waals surface area contributed by atoms with Crippen LogP contribution in [0.3, 0.4) is 0 Å². The van der Waals surface area contributed by atoms with Gasteiger partial charge >= 0.3 is 0 Å². The van der Waals surface area contributed by atoms with Gasteiger partial charge in [-0.1, -0.05) is 0 Å². The number of carbonyl (C=O) groups excluding carboxylic acids is 1. The molecule has 2 rings (SSSR count). The van der Waals surface area contributed by atoms with Gasteiger partial charge in [-0.3, -0.25) is 4.79 Å². The molecule has 2 aromatic rings. The fourth-order valence-corrected chi connectivity index (χ4v) is 1.23. The molecule has 72 valence electrons. The highest BCUT2D eigenvalue weighted by Crippen LogP contribution is 2.04. The Morgan fingerprint density at radius 2 is 2.14 bits per heavy atom. The first-order chi connectivity index (χ1) is 6.68. The zero-order chi connectivity index (χ0) is 10.1. The third-order valence-corrected chi connectivity index (χ3v) is 1.96. The van der Waals surface area contributed by atoms with Crippen molar-refractivity contribution in [3.05, 3.63) is 36.4 Å². The van der Waals surface area contributed by atoms with E-state index in [9.17, 15) is 4.79 Å². The van der Waals surface area contributed by atoms with E-state index >= 15 is 0 Å². The summed E-state index contributed by atoms with van der Waals surface area (Å²) in [6, 6.07) is 0. The number of imidazole rings is 2. The SMILES string of the molecule is Cn1cnc(C(=O)c2nccn2C)c1. The molecular formula is C9H10N4O. The van der Waals surface area contributed by atoms with Crippen molar-refractivity contribution >= 4 is 5.78 Å². The van der Waals surface area contributed by atoms with E-state index < -0.39 is 0 Å². The number of hydrogen-bond acceptors (Lipinski definition) is 3. The molecule has 5 heteroatoms. The number of carbonyl (C=O) groups is 1. The molecule has 0 radical (unpaired) electrons. The van der Waals surface area contributed by atoms with Gasteiger partial charge in [-0.25, -0.2) is 9.97 Å². The van der Waals surface area contributed by atoms with E-state index in [1.54, 1.807) is 41.1 Å². The Balaban J connectivity index is 2.38. The summed E-state index contributed by atoms with van der Waals surface area (Å²) >= 11 is 0. The van der Waals surface area contributed by atoms with Crippen LogP contribution in [0.2, 0.25) is 0 Å². The van der Waals surface area contributed by atoms with Gasteiger partial charge in [-0.05, 0) is 0 Å². The van der Waals surface area contributed by atoms with Gasteiger partial charge in [-0.15, -0.1) is 0 Å². The summed E-state index contributed by atoms with van der Waals surface area (Å²) in [7, 11) is 3.60. The van der Waals surface area contributed by atoms with Gasteiger partial charge in [0.1, 0.15) is 5.69 Å². The van der Waals surface area contributed by atoms with Crippen LogP contribution in [0.15, 0.2) is 24.9 Å². The van der Waals surface area contributed by atoms with Crippen molar-refractivity contribution in [1.29, 1.82) is 0 Å². The quantitative estimate of drug-likeness (QED) is 0.643. The van der Waals surface area contributed by atoms with Gasteiger partial charge in [0.15, 0.2) is 5.82 Å². The molecule has 0 aliphatic rings. The molecule has 0 saturated heterocycles. The van der Waals surface area contributed by atoms with Crippen LogP contribution in [0.5, 0.6) is 0 Å². The molecule has 0 amide bonds. The molecule has 2 heterocycles. The standard InChI is InChI=1S/C9H10N4O/c1-12-5-7(11-6-12)8(14)9-10-3-4-13(9)2/h3-6H,1-2H3. The fourth-order valence-electron chi connectivity index (χ4n) is 1.23. The second kappa shape index (κ2) is 3.10. The minimum absolute atomic E-state index is 0.155. The highest BCUT2D eigenvalue weighted by atomic mass is 16.1. The summed E-state index contributed by atoms with van der Waals surface area (Å²) in [6.45, 7) is 0. The second-order valence-corrected chi connectivity index (χ2v) is 3.12. The Kier molecular flexibility index (Phi) is 1.92. The lowest BCUT2D eigenvalue weighted by Crippen LogP contribution is -2.08. The van der Waals surface area contributed by atoms with Crippen molar-refractivity contribution < 1.29 is 4.79 Å². The van der Waals surface area contributed by atoms with Crippen LogP contribution in [-0.2, 0) is 14.1 Å². The predicted octanol–water partition coefficient (Wildman–Crippen LogP) is 0.385. The second-order valence-electron chi connectivity index (χ2n) is 3.12. The molecule has 0 aliphatic carbocycles. The molecule has 0 spiro atoms. The molecule has 0 aromatic carbocycles. The van der Waals surface area contributed by atoms with E-state index in [-0.39, 0.29) is 5.78 Å². The summed E-state index contributed by atoms with van der Waals surface area (Å²) in [4.78, 5) is 19.7. The normalized spacial score (nSPS) is 10.4. The van der Waals surface area contributed by atoms with E-state index in [0.29, 0.717) is 11.5 Å². The maximum Gasteiger partial charge on any atom is 0.248 e. The van der Waals surface area contributed by atoms with E-state index in [2.05, 4.69) is 9.97 Å². The Morgan fingerprint density at radius 3 is 2.64 bits per heavy atom. The Hall–Kier alpha value is -1.91. The smallest absolute Gasteiger partial charge is 0.248 e. The van der Waals surface area contributed by atoms with Gasteiger partial charge < -0.3 is 9.13 Å². The van der Waals surface area contributed by atoms with Crippen molar-refractivity contribution in [2.45, 2.75) is 0 Å². The topological polar surface area (TPSA) is 52.7 Å². The highest BCUT2D eigenvalue weighted by Gasteiger charge is 2.15. The van der Waals surface area contributed by atoms with Crippen LogP contribution in [0.4, 0.5) is 0 Å². The molecular weight excluding hydrogens is 180 g/mol. The summed E-state index contributed by atoms with van der Waals surface area (Å²) in [6.07, 6.45) is 6.60. The van der Waals surface area contributed by atoms with Crippen molar-refractivity contribution in [3.63, 3.8) is 0 Å². The van der Waals surface area contributed by atoms with Gasteiger partial charge in [-0.2, -0.15) is 0 Å². The van der Waals surface area contributed by atoms with Crippen LogP contribution >= 0.6 is 0 Å². The average Bonchev–Trinajstić information content (AvgIpc) is 2.73. The minimum atomic E-state index is -0.155. The Morgan fingerprint density at radius 1 is 1.36 bits per heavy atom. The molecule has 0 aliphatic heterocycles. The third-order valence-electron chi connectivity index (χ3n) is 1.96. The van der Waals surface area contributed by atoms with E-state index in [0.717, 1.165) is 0 Å². The van der Waals surface area contributed by atoms with Gasteiger partial charge in [0.05, 0.1) is 6.33 Å². The summed E-state index contributed by atoms with van der Waals surface area (Å²) in [5.41, 5.74) is 0.418. The fraction of sp³-hybridized carbons (Fsp3) is 0.222. The number of ketones is 1. The molecule has 0 saturated carbocycles. The first-order valence-electron chi connectivity index (χ1n) is 4.18. The number of hydrogen-bond donors (Lipinski definition) is 0. The summed E-state index contributed by atoms with van der Waals surface area (Å²) in [5.74, 6) is 0.252. The van der Waals surface area contributed by atoms with Crippen LogP contribution < -0.4 is 0 Å². The van der Waals surface area contributed by atoms with Crippen LogP contribution in [0, 0.1) is 0 Å². The number of rotatable bonds is 2. The lowest BCUT2D eigenvalue weighted by Gasteiger charge is -1.96. The van der Waals surface area contributed by atoms with Crippen molar-refractivity contribution in [1.82, 2.24) is 19.1 Å². The van der Waals surface area contributed by atoms with Crippen LogP contribution in [-0.4, -0.2) is 24.9 Å². The molecule has 2 aromatic heterocycles. The lowest BCUT2D eigenvalue weighted by atomic mass is 10.3. The van der Waals surface area contributed by atoms with E-state index in [1.807, 2.05) is 7.05 Å². The molecule has 0 bridgehead atoms. The van der Waals surface area contributed by atoms with E-state index in [1.165, 1.54) is 0 Å². The maximum atomic E-state index is 11.8. The monoisotopic (exact) mass is 190 g/mol. The average molecular weight is 190 g/mol. The van der Waals surface area contributed by atoms with E-state index in [4.69, 9.17) is 0 Å². The number of aromatic nitrogens is 4. The van der Waals surface area contributed by atoms with Gasteiger partial charge in [0, 0.05) is 32.7 Å². The van der Waals surface area contributed by atoms with Crippen molar-refractivity contribution in [3.8, 4) is 0 Å². The lowest BCUT2D eigenvalue weighted by molar-refractivity contribution is 0.102. The zero-order valence-electron chi connectivity index (χ0n) is 8.01. The highest BCUT2D eigenvalue weighted by molar-refractivity contribution is 6.05. The van der Waals surface area contributed by atoms with Crippen molar-refractivity contribution in [2.75, 3.05) is 0 Å². The van der Waals surface area contributed by atoms with Gasteiger partial charge in [0.2, 0.25) is 5.78 Å². The van der Waals surface area contributed by atoms with Crippen LogP contribution in [0.25, 0.3) is 0 Å². The first kappa shape index (κ1) is 8.68. The summed E-state index contributed by atoms with van der Waals surface area (Å²) in [5, 5.41) is 0. The molecule has 0 unspecified atom stereocenters. The molecule has 0 atom stereocenters. The largest absolute Gasteiger partial charge is 0.340 e. The number of aryl methyl sites for hydroxylation is 2. The van der Waals surface area contributed by atoms with Gasteiger partial charge in [0.25, 0.3) is 0 Å². The molecule has 0 fully saturated rings. The summed E-state index contributed by atoms with van der Waals surface area (Å²) < 4.78 is 3.41. The Bertz CT molecular complexity index is 469. The molecule has 14 heavy (non-hydrogen) atoms. The third kappa shape index (κ3) is 1.32. The Labute approximate surface area is 81.0 Å². The molecule has 5 nitrogen and oxygen atoms in total.